The lowest BCUT2D eigenvalue weighted by Gasteiger charge is -2.05. The molecule has 0 aromatic heterocycles. The van der Waals surface area contributed by atoms with Gasteiger partial charge in [0.15, 0.2) is 0 Å². The second-order valence-corrected chi connectivity index (χ2v) is 5.69. The summed E-state index contributed by atoms with van der Waals surface area (Å²) in [5.41, 5.74) is 2.86. The Hall–Kier alpha value is -0.780. The lowest BCUT2D eigenvalue weighted by Crippen LogP contribution is -1.89. The van der Waals surface area contributed by atoms with E-state index in [9.17, 15) is 0 Å². The topological polar surface area (TPSA) is 0 Å². The summed E-state index contributed by atoms with van der Waals surface area (Å²) < 4.78 is 0. The van der Waals surface area contributed by atoms with Crippen LogP contribution in [0.5, 0.6) is 0 Å². The molecule has 110 valence electrons. The zero-order valence-electron chi connectivity index (χ0n) is 13.8. The molecule has 0 unspecified atom stereocenters. The summed E-state index contributed by atoms with van der Waals surface area (Å²) in [6.45, 7) is 10.8. The molecule has 0 atom stereocenters. The Labute approximate surface area is 121 Å². The molecular formula is C19H34. The van der Waals surface area contributed by atoms with Crippen LogP contribution in [-0.2, 0) is 6.42 Å². The molecule has 0 fully saturated rings. The summed E-state index contributed by atoms with van der Waals surface area (Å²) in [5.74, 6) is 0.877. The first-order valence-electron chi connectivity index (χ1n) is 8.24. The van der Waals surface area contributed by atoms with E-state index in [4.69, 9.17) is 0 Å². The van der Waals surface area contributed by atoms with E-state index in [0.717, 1.165) is 5.92 Å². The second-order valence-electron chi connectivity index (χ2n) is 5.69. The molecule has 0 N–H and O–H groups in total. The van der Waals surface area contributed by atoms with Crippen molar-refractivity contribution in [1.29, 1.82) is 0 Å². The van der Waals surface area contributed by atoms with Gasteiger partial charge in [-0.25, -0.2) is 0 Å². The highest BCUT2D eigenvalue weighted by Crippen LogP contribution is 2.12. The van der Waals surface area contributed by atoms with Crippen LogP contribution in [0.25, 0.3) is 0 Å². The number of hydrogen-bond donors (Lipinski definition) is 0. The highest BCUT2D eigenvalue weighted by Gasteiger charge is 1.96. The smallest absolute Gasteiger partial charge is 0.0279 e. The van der Waals surface area contributed by atoms with E-state index >= 15 is 0 Å². The Morgan fingerprint density at radius 3 is 1.89 bits per heavy atom. The largest absolute Gasteiger partial charge is 0.0683 e. The minimum absolute atomic E-state index is 0.877. The van der Waals surface area contributed by atoms with Gasteiger partial charge in [-0.2, -0.15) is 0 Å². The van der Waals surface area contributed by atoms with Crippen LogP contribution < -0.4 is 0 Å². The van der Waals surface area contributed by atoms with Crippen molar-refractivity contribution < 1.29 is 0 Å². The van der Waals surface area contributed by atoms with Crippen LogP contribution in [0.1, 0.15) is 77.3 Å². The van der Waals surface area contributed by atoms with Crippen molar-refractivity contribution in [3.05, 3.63) is 35.4 Å². The molecule has 1 aromatic carbocycles. The van der Waals surface area contributed by atoms with Crippen molar-refractivity contribution >= 4 is 0 Å². The molecule has 0 amide bonds. The van der Waals surface area contributed by atoms with Gasteiger partial charge in [0, 0.05) is 0 Å². The number of unbranched alkanes of at least 4 members (excludes halogenated alkanes) is 4. The van der Waals surface area contributed by atoms with E-state index in [0.29, 0.717) is 0 Å². The Morgan fingerprint density at radius 1 is 0.789 bits per heavy atom. The second kappa shape index (κ2) is 12.3. The molecule has 0 heteroatoms. The van der Waals surface area contributed by atoms with Crippen LogP contribution in [0, 0.1) is 12.8 Å². The minimum atomic E-state index is 0.877. The maximum absolute atomic E-state index is 2.32. The molecule has 0 aliphatic rings. The third kappa shape index (κ3) is 10.8. The van der Waals surface area contributed by atoms with Crippen LogP contribution in [0.15, 0.2) is 24.3 Å². The van der Waals surface area contributed by atoms with Gasteiger partial charge < -0.3 is 0 Å². The molecule has 0 radical (unpaired) electrons. The SMILES string of the molecule is CC.Cc1ccc(CCCCCCCC(C)C)cc1. The first-order chi connectivity index (χ1) is 9.18. The van der Waals surface area contributed by atoms with E-state index in [1.54, 1.807) is 0 Å². The molecule has 0 saturated carbocycles. The molecule has 0 spiro atoms. The predicted octanol–water partition coefficient (Wildman–Crippen LogP) is 6.56. The van der Waals surface area contributed by atoms with Gasteiger partial charge in [-0.15, -0.1) is 0 Å². The average Bonchev–Trinajstić information content (AvgIpc) is 2.42. The van der Waals surface area contributed by atoms with Crippen LogP contribution >= 0.6 is 0 Å². The Balaban J connectivity index is 0.00000154. The van der Waals surface area contributed by atoms with Crippen molar-refractivity contribution in [3.8, 4) is 0 Å². The van der Waals surface area contributed by atoms with E-state index in [2.05, 4.69) is 45.0 Å². The lowest BCUT2D eigenvalue weighted by molar-refractivity contribution is 0.515. The average molecular weight is 262 g/mol. The van der Waals surface area contributed by atoms with E-state index in [1.165, 1.54) is 56.1 Å². The van der Waals surface area contributed by atoms with Crippen LogP contribution in [0.4, 0.5) is 0 Å². The zero-order valence-corrected chi connectivity index (χ0v) is 13.8. The van der Waals surface area contributed by atoms with E-state index in [1.807, 2.05) is 13.8 Å². The van der Waals surface area contributed by atoms with Gasteiger partial charge in [0.05, 0.1) is 0 Å². The molecule has 1 aromatic rings. The number of aryl methyl sites for hydroxylation is 2. The summed E-state index contributed by atoms with van der Waals surface area (Å²) in [5, 5.41) is 0. The molecule has 0 aliphatic carbocycles. The summed E-state index contributed by atoms with van der Waals surface area (Å²) in [6.07, 6.45) is 9.66. The maximum atomic E-state index is 2.32. The Bertz CT molecular complexity index is 281. The molecular weight excluding hydrogens is 228 g/mol. The van der Waals surface area contributed by atoms with Crippen LogP contribution in [-0.4, -0.2) is 0 Å². The molecule has 0 aliphatic heterocycles. The van der Waals surface area contributed by atoms with Gasteiger partial charge >= 0.3 is 0 Å². The zero-order chi connectivity index (χ0) is 14.5. The summed E-state index contributed by atoms with van der Waals surface area (Å²) >= 11 is 0. The normalized spacial score (nSPS) is 10.2. The van der Waals surface area contributed by atoms with Crippen molar-refractivity contribution in [1.82, 2.24) is 0 Å². The quantitative estimate of drug-likeness (QED) is 0.465. The maximum Gasteiger partial charge on any atom is -0.0279 e. The molecule has 19 heavy (non-hydrogen) atoms. The van der Waals surface area contributed by atoms with Gasteiger partial charge in [-0.3, -0.25) is 0 Å². The fourth-order valence-electron chi connectivity index (χ4n) is 2.17. The number of benzene rings is 1. The van der Waals surface area contributed by atoms with Crippen LogP contribution in [0.3, 0.4) is 0 Å². The molecule has 0 saturated heterocycles. The van der Waals surface area contributed by atoms with Crippen molar-refractivity contribution in [2.45, 2.75) is 79.6 Å². The van der Waals surface area contributed by atoms with Gasteiger partial charge in [0.2, 0.25) is 0 Å². The Kier molecular flexibility index (Phi) is 11.8. The Morgan fingerprint density at radius 2 is 1.32 bits per heavy atom. The number of rotatable bonds is 8. The standard InChI is InChI=1S/C17H28.C2H6/c1-15(2)9-7-5-4-6-8-10-17-13-11-16(3)12-14-17;1-2/h11-15H,4-10H2,1-3H3;1-2H3. The summed E-state index contributed by atoms with van der Waals surface area (Å²) in [7, 11) is 0. The first-order valence-corrected chi connectivity index (χ1v) is 8.24. The van der Waals surface area contributed by atoms with Gasteiger partial charge in [-0.1, -0.05) is 89.6 Å². The third-order valence-corrected chi connectivity index (χ3v) is 3.37. The van der Waals surface area contributed by atoms with Gasteiger partial charge in [0.1, 0.15) is 0 Å². The van der Waals surface area contributed by atoms with Crippen molar-refractivity contribution in [2.75, 3.05) is 0 Å². The lowest BCUT2D eigenvalue weighted by atomic mass is 10.0. The summed E-state index contributed by atoms with van der Waals surface area (Å²) in [4.78, 5) is 0. The monoisotopic (exact) mass is 262 g/mol. The van der Waals surface area contributed by atoms with Crippen molar-refractivity contribution in [2.24, 2.45) is 5.92 Å². The summed E-state index contributed by atoms with van der Waals surface area (Å²) in [6, 6.07) is 8.98. The van der Waals surface area contributed by atoms with E-state index < -0.39 is 0 Å². The highest BCUT2D eigenvalue weighted by atomic mass is 14.0. The first kappa shape index (κ1) is 18.2. The van der Waals surface area contributed by atoms with E-state index in [-0.39, 0.29) is 0 Å². The van der Waals surface area contributed by atoms with Crippen LogP contribution in [0.2, 0.25) is 0 Å². The molecule has 0 heterocycles. The predicted molar refractivity (Wildman–Crippen MR) is 88.8 cm³/mol. The van der Waals surface area contributed by atoms with Crippen molar-refractivity contribution in [3.63, 3.8) is 0 Å². The molecule has 1 rings (SSSR count). The number of hydrogen-bond acceptors (Lipinski definition) is 0. The minimum Gasteiger partial charge on any atom is -0.0683 e. The molecule has 0 bridgehead atoms. The molecule has 0 nitrogen and oxygen atoms in total. The van der Waals surface area contributed by atoms with Gasteiger partial charge in [-0.05, 0) is 31.2 Å². The highest BCUT2D eigenvalue weighted by molar-refractivity contribution is 5.21. The fourth-order valence-corrected chi connectivity index (χ4v) is 2.17. The fraction of sp³-hybridized carbons (Fsp3) is 0.684. The third-order valence-electron chi connectivity index (χ3n) is 3.37. The van der Waals surface area contributed by atoms with Gasteiger partial charge in [0.25, 0.3) is 0 Å².